The molecular weight excluding hydrogens is 436 g/mol. The number of anilines is 1. The number of rotatable bonds is 3. The van der Waals surface area contributed by atoms with E-state index in [1.807, 2.05) is 13.0 Å². The number of hydrogen-bond acceptors (Lipinski definition) is 6. The summed E-state index contributed by atoms with van der Waals surface area (Å²) >= 11 is 0. The highest BCUT2D eigenvalue weighted by molar-refractivity contribution is 6.02. The van der Waals surface area contributed by atoms with Gasteiger partial charge in [0.1, 0.15) is 17.0 Å². The fourth-order valence-corrected chi connectivity index (χ4v) is 4.44. The number of piperidine rings is 1. The Hall–Kier alpha value is -4.01. The molecule has 2 amide bonds. The molecule has 0 saturated carbocycles. The summed E-state index contributed by atoms with van der Waals surface area (Å²) in [7, 11) is 0. The first kappa shape index (κ1) is 21.8. The Bertz CT molecular complexity index is 1390. The van der Waals surface area contributed by atoms with E-state index >= 15 is 0 Å². The third-order valence-electron chi connectivity index (χ3n) is 6.43. The highest BCUT2D eigenvalue weighted by atomic mass is 16.5. The van der Waals surface area contributed by atoms with Crippen molar-refractivity contribution in [2.24, 2.45) is 5.92 Å². The van der Waals surface area contributed by atoms with Crippen molar-refractivity contribution in [3.8, 4) is 5.75 Å². The zero-order chi connectivity index (χ0) is 24.0. The number of aryl methyl sites for hydroxylation is 1. The van der Waals surface area contributed by atoms with E-state index in [1.54, 1.807) is 42.3 Å². The summed E-state index contributed by atoms with van der Waals surface area (Å²) in [5.41, 5.74) is 1.98. The van der Waals surface area contributed by atoms with E-state index in [0.29, 0.717) is 48.6 Å². The van der Waals surface area contributed by atoms with E-state index in [1.165, 1.54) is 10.6 Å². The van der Waals surface area contributed by atoms with Crippen molar-refractivity contribution in [2.45, 2.75) is 32.8 Å². The number of fused-ring (bicyclic) bond motifs is 2. The van der Waals surface area contributed by atoms with Crippen LogP contribution in [0.1, 0.15) is 46.0 Å². The van der Waals surface area contributed by atoms with Gasteiger partial charge in [0.25, 0.3) is 17.4 Å². The van der Waals surface area contributed by atoms with Gasteiger partial charge in [-0.1, -0.05) is 6.07 Å². The molecule has 0 spiro atoms. The summed E-state index contributed by atoms with van der Waals surface area (Å²) in [5, 5.41) is 2.76. The predicted octanol–water partition coefficient (Wildman–Crippen LogP) is 2.46. The molecule has 3 aromatic rings. The highest BCUT2D eigenvalue weighted by Gasteiger charge is 2.31. The third kappa shape index (κ3) is 3.83. The molecule has 9 nitrogen and oxygen atoms in total. The zero-order valence-electron chi connectivity index (χ0n) is 18.9. The molecular formula is C25H24N4O5. The van der Waals surface area contributed by atoms with Crippen LogP contribution in [0.25, 0.3) is 5.65 Å². The molecule has 4 heterocycles. The number of nitrogens with zero attached hydrogens (tertiary/aromatic N) is 3. The van der Waals surface area contributed by atoms with E-state index in [2.05, 4.69) is 10.3 Å². The quantitative estimate of drug-likeness (QED) is 0.602. The van der Waals surface area contributed by atoms with Gasteiger partial charge in [0.2, 0.25) is 0 Å². The fraction of sp³-hybridized carbons (Fsp3) is 0.320. The topological polar surface area (TPSA) is 110 Å². The van der Waals surface area contributed by atoms with Crippen LogP contribution in [0.5, 0.6) is 5.75 Å². The number of amides is 2. The Morgan fingerprint density at radius 1 is 1.12 bits per heavy atom. The molecule has 1 atom stereocenters. The molecule has 2 aromatic heterocycles. The number of carbonyl (C=O) groups excluding carboxylic acids is 3. The van der Waals surface area contributed by atoms with E-state index in [-0.39, 0.29) is 29.1 Å². The molecule has 2 aliphatic rings. The lowest BCUT2D eigenvalue weighted by Gasteiger charge is -2.31. The molecule has 9 heteroatoms. The van der Waals surface area contributed by atoms with Crippen molar-refractivity contribution in [3.05, 3.63) is 69.8 Å². The maximum Gasteiger partial charge on any atom is 0.270 e. The van der Waals surface area contributed by atoms with Gasteiger partial charge in [-0.25, -0.2) is 4.98 Å². The van der Waals surface area contributed by atoms with Gasteiger partial charge in [0, 0.05) is 37.0 Å². The van der Waals surface area contributed by atoms with Gasteiger partial charge >= 0.3 is 0 Å². The third-order valence-corrected chi connectivity index (χ3v) is 6.43. The minimum absolute atomic E-state index is 0.0209. The predicted molar refractivity (Wildman–Crippen MR) is 124 cm³/mol. The molecule has 1 aromatic carbocycles. The Morgan fingerprint density at radius 3 is 2.65 bits per heavy atom. The van der Waals surface area contributed by atoms with Crippen molar-refractivity contribution in [2.75, 3.05) is 18.4 Å². The Labute approximate surface area is 195 Å². The maximum atomic E-state index is 13.1. The number of likely N-dealkylation sites (tertiary alicyclic amines) is 1. The SMILES string of the molecule is Cc1ccc2ncc(C(=O)N3CCC(C(=O)c4ccc5c(c4)NC(=O)C(C)O5)CC3)c(=O)n2c1. The van der Waals surface area contributed by atoms with Gasteiger partial charge in [-0.2, -0.15) is 0 Å². The lowest BCUT2D eigenvalue weighted by atomic mass is 9.88. The standard InChI is InChI=1S/C25H24N4O5/c1-14-3-6-21-26-12-18(25(33)29(21)13-14)24(32)28-9-7-16(8-10-28)22(30)17-4-5-20-19(11-17)27-23(31)15(2)34-20/h3-6,11-13,15-16H,7-10H2,1-2H3,(H,27,31). The first-order valence-electron chi connectivity index (χ1n) is 11.2. The molecule has 2 aliphatic heterocycles. The van der Waals surface area contributed by atoms with Crippen LogP contribution in [0.4, 0.5) is 5.69 Å². The monoisotopic (exact) mass is 460 g/mol. The Balaban J connectivity index is 1.28. The summed E-state index contributed by atoms with van der Waals surface area (Å²) in [6, 6.07) is 8.63. The first-order chi connectivity index (χ1) is 16.3. The molecule has 1 fully saturated rings. The summed E-state index contributed by atoms with van der Waals surface area (Å²) in [5.74, 6) is -0.375. The summed E-state index contributed by atoms with van der Waals surface area (Å²) in [6.07, 6.45) is 3.40. The summed E-state index contributed by atoms with van der Waals surface area (Å²) in [6.45, 7) is 4.27. The minimum atomic E-state index is -0.578. The molecule has 0 aliphatic carbocycles. The molecule has 1 saturated heterocycles. The lowest BCUT2D eigenvalue weighted by Crippen LogP contribution is -2.42. The van der Waals surface area contributed by atoms with Crippen molar-refractivity contribution in [1.82, 2.24) is 14.3 Å². The molecule has 174 valence electrons. The van der Waals surface area contributed by atoms with Gasteiger partial charge in [-0.15, -0.1) is 0 Å². The van der Waals surface area contributed by atoms with E-state index in [9.17, 15) is 19.2 Å². The van der Waals surface area contributed by atoms with Gasteiger partial charge in [-0.3, -0.25) is 23.6 Å². The minimum Gasteiger partial charge on any atom is -0.479 e. The van der Waals surface area contributed by atoms with Crippen LogP contribution >= 0.6 is 0 Å². The van der Waals surface area contributed by atoms with E-state index < -0.39 is 11.7 Å². The normalized spacial score (nSPS) is 18.2. The molecule has 1 unspecified atom stereocenters. The molecule has 0 radical (unpaired) electrons. The molecule has 34 heavy (non-hydrogen) atoms. The number of hydrogen-bond donors (Lipinski definition) is 1. The second-order valence-electron chi connectivity index (χ2n) is 8.80. The molecule has 5 rings (SSSR count). The van der Waals surface area contributed by atoms with E-state index in [0.717, 1.165) is 5.56 Å². The Kier molecular flexibility index (Phi) is 5.39. The van der Waals surface area contributed by atoms with Gasteiger partial charge in [-0.05, 0) is 56.5 Å². The van der Waals surface area contributed by atoms with Gasteiger partial charge in [0.15, 0.2) is 11.9 Å². The number of pyridine rings is 1. The van der Waals surface area contributed by atoms with Gasteiger partial charge in [0.05, 0.1) is 5.69 Å². The van der Waals surface area contributed by atoms with Crippen molar-refractivity contribution in [3.63, 3.8) is 0 Å². The van der Waals surface area contributed by atoms with Crippen molar-refractivity contribution >= 4 is 28.9 Å². The number of carbonyl (C=O) groups is 3. The summed E-state index contributed by atoms with van der Waals surface area (Å²) in [4.78, 5) is 56.7. The van der Waals surface area contributed by atoms with Crippen LogP contribution in [-0.2, 0) is 4.79 Å². The Morgan fingerprint density at radius 2 is 1.88 bits per heavy atom. The molecule has 1 N–H and O–H groups in total. The van der Waals surface area contributed by atoms with Gasteiger partial charge < -0.3 is 15.0 Å². The van der Waals surface area contributed by atoms with Crippen LogP contribution in [0.15, 0.2) is 47.5 Å². The molecule has 0 bridgehead atoms. The number of aromatic nitrogens is 2. The van der Waals surface area contributed by atoms with Crippen LogP contribution < -0.4 is 15.6 Å². The average Bonchev–Trinajstić information content (AvgIpc) is 2.84. The average molecular weight is 460 g/mol. The fourth-order valence-electron chi connectivity index (χ4n) is 4.44. The number of benzene rings is 1. The van der Waals surface area contributed by atoms with Crippen LogP contribution in [0.2, 0.25) is 0 Å². The second kappa shape index (κ2) is 8.40. The van der Waals surface area contributed by atoms with Crippen molar-refractivity contribution in [1.29, 1.82) is 0 Å². The van der Waals surface area contributed by atoms with Crippen LogP contribution in [0.3, 0.4) is 0 Å². The second-order valence-corrected chi connectivity index (χ2v) is 8.80. The van der Waals surface area contributed by atoms with Crippen LogP contribution in [0, 0.1) is 12.8 Å². The smallest absolute Gasteiger partial charge is 0.270 e. The highest BCUT2D eigenvalue weighted by Crippen LogP contribution is 2.32. The number of nitrogens with one attached hydrogen (secondary N) is 1. The summed E-state index contributed by atoms with van der Waals surface area (Å²) < 4.78 is 6.94. The number of ketones is 1. The zero-order valence-corrected chi connectivity index (χ0v) is 18.9. The largest absolute Gasteiger partial charge is 0.479 e. The first-order valence-corrected chi connectivity index (χ1v) is 11.2. The number of Topliss-reactive ketones (excluding diaryl/α,β-unsaturated/α-hetero) is 1. The lowest BCUT2D eigenvalue weighted by molar-refractivity contribution is -0.122. The van der Waals surface area contributed by atoms with Crippen molar-refractivity contribution < 1.29 is 19.1 Å². The van der Waals surface area contributed by atoms with Crippen LogP contribution in [-0.4, -0.2) is 51.1 Å². The number of ether oxygens (including phenoxy) is 1. The maximum absolute atomic E-state index is 13.1. The van der Waals surface area contributed by atoms with E-state index in [4.69, 9.17) is 4.74 Å².